The number of nitrogens with zero attached hydrogens (tertiary/aromatic N) is 3. The van der Waals surface area contributed by atoms with E-state index in [-0.39, 0.29) is 30.6 Å². The number of carbonyl (C=O) groups excluding carboxylic acids is 2. The third kappa shape index (κ3) is 5.77. The van der Waals surface area contributed by atoms with Crippen molar-refractivity contribution in [2.75, 3.05) is 11.9 Å². The van der Waals surface area contributed by atoms with Crippen molar-refractivity contribution in [1.82, 2.24) is 19.8 Å². The average molecular weight is 463 g/mol. The maximum Gasteiger partial charge on any atom is 0.253 e. The van der Waals surface area contributed by atoms with E-state index in [0.717, 1.165) is 30.8 Å². The van der Waals surface area contributed by atoms with Crippen LogP contribution in [0.2, 0.25) is 6.82 Å². The van der Waals surface area contributed by atoms with Crippen molar-refractivity contribution in [3.8, 4) is 11.4 Å². The Morgan fingerprint density at radius 3 is 2.79 bits per heavy atom. The maximum atomic E-state index is 12.3. The first-order valence-electron chi connectivity index (χ1n) is 10.9. The number of pyridine rings is 1. The molecule has 170 valence electrons. The minimum atomic E-state index is -0.337. The van der Waals surface area contributed by atoms with Gasteiger partial charge in [0.1, 0.15) is 5.69 Å². The van der Waals surface area contributed by atoms with Gasteiger partial charge in [-0.2, -0.15) is 0 Å². The smallest absolute Gasteiger partial charge is 0.253 e. The van der Waals surface area contributed by atoms with Gasteiger partial charge < -0.3 is 19.8 Å². The van der Waals surface area contributed by atoms with Gasteiger partial charge in [-0.15, -0.1) is 11.3 Å². The molecule has 1 aliphatic rings. The summed E-state index contributed by atoms with van der Waals surface area (Å²) in [5.41, 5.74) is 4.03. The van der Waals surface area contributed by atoms with E-state index in [1.54, 1.807) is 12.3 Å². The summed E-state index contributed by atoms with van der Waals surface area (Å²) in [4.78, 5) is 33.7. The zero-order valence-corrected chi connectivity index (χ0v) is 19.7. The summed E-state index contributed by atoms with van der Waals surface area (Å²) >= 11 is 1.32. The van der Waals surface area contributed by atoms with Gasteiger partial charge in [0.05, 0.1) is 35.7 Å². The second kappa shape index (κ2) is 10.1. The highest BCUT2D eigenvalue weighted by Crippen LogP contribution is 2.29. The molecule has 0 fully saturated rings. The Labute approximate surface area is 197 Å². The number of amides is 2. The molecule has 8 nitrogen and oxygen atoms in total. The van der Waals surface area contributed by atoms with Crippen molar-refractivity contribution < 1.29 is 14.3 Å². The molecule has 10 heteroatoms. The van der Waals surface area contributed by atoms with Crippen molar-refractivity contribution >= 4 is 41.3 Å². The number of anilines is 1. The van der Waals surface area contributed by atoms with E-state index in [2.05, 4.69) is 28.6 Å². The van der Waals surface area contributed by atoms with Gasteiger partial charge in [0.15, 0.2) is 5.13 Å². The Balaban J connectivity index is 1.37. The fraction of sp³-hybridized carbons (Fsp3) is 0.304. The molecular formula is C23H26BN5O3S. The van der Waals surface area contributed by atoms with E-state index in [9.17, 15) is 9.59 Å². The van der Waals surface area contributed by atoms with E-state index in [1.807, 2.05) is 48.0 Å². The molecule has 4 rings (SSSR count). The van der Waals surface area contributed by atoms with Gasteiger partial charge in [0, 0.05) is 18.0 Å². The van der Waals surface area contributed by atoms with Crippen LogP contribution >= 0.6 is 11.3 Å². The standard InChI is InChI=1S/C23H26BN5O3S/c1-14-9-17(10-15(2)32-14)18-5-4-6-19(26-18)20-13-33-23(27-20)28-21(30)11-25-22(31)16-7-8-29(12-16)24-3/h4-9,12-15,24H,10-11H2,1-3H3,(H,25,31)(H,27,28,30). The van der Waals surface area contributed by atoms with Gasteiger partial charge in [0.25, 0.3) is 5.91 Å². The number of aromatic nitrogens is 3. The molecule has 3 aromatic heterocycles. The molecule has 0 bridgehead atoms. The van der Waals surface area contributed by atoms with Crippen LogP contribution in [0.15, 0.2) is 48.1 Å². The molecule has 2 N–H and O–H groups in total. The third-order valence-electron chi connectivity index (χ3n) is 5.27. The second-order valence-corrected chi connectivity index (χ2v) is 8.81. The molecule has 0 radical (unpaired) electrons. The van der Waals surface area contributed by atoms with Crippen molar-refractivity contribution in [3.05, 3.63) is 59.4 Å². The number of hydrogen-bond donors (Lipinski definition) is 2. The first-order valence-corrected chi connectivity index (χ1v) is 11.8. The Morgan fingerprint density at radius 2 is 2.03 bits per heavy atom. The van der Waals surface area contributed by atoms with Gasteiger partial charge in [-0.3, -0.25) is 9.59 Å². The highest BCUT2D eigenvalue weighted by molar-refractivity contribution is 7.14. The quantitative estimate of drug-likeness (QED) is 0.525. The van der Waals surface area contributed by atoms with Crippen LogP contribution in [0.3, 0.4) is 0 Å². The van der Waals surface area contributed by atoms with E-state index < -0.39 is 0 Å². The predicted molar refractivity (Wildman–Crippen MR) is 132 cm³/mol. The number of carbonyl (C=O) groups is 2. The second-order valence-electron chi connectivity index (χ2n) is 7.96. The minimum absolute atomic E-state index is 0.0577. The van der Waals surface area contributed by atoms with Crippen molar-refractivity contribution in [1.29, 1.82) is 0 Å². The summed E-state index contributed by atoms with van der Waals surface area (Å²) < 4.78 is 7.67. The minimum Gasteiger partial charge on any atom is -0.401 e. The lowest BCUT2D eigenvalue weighted by Crippen LogP contribution is -2.32. The first-order chi connectivity index (χ1) is 15.9. The number of ether oxygens (including phenoxy) is 1. The SMILES string of the molecule is CBn1ccc(C(=O)NCC(=O)Nc2nc(-c3cccc(C4=CC(C)OC(C)C4)n3)cs2)c1. The highest BCUT2D eigenvalue weighted by atomic mass is 32.1. The fourth-order valence-corrected chi connectivity index (χ4v) is 4.43. The fourth-order valence-electron chi connectivity index (χ4n) is 3.71. The molecule has 33 heavy (non-hydrogen) atoms. The zero-order chi connectivity index (χ0) is 23.4. The van der Waals surface area contributed by atoms with Crippen LogP contribution in [-0.4, -0.2) is 52.4 Å². The molecule has 0 spiro atoms. The molecular weight excluding hydrogens is 437 g/mol. The molecule has 0 aliphatic carbocycles. The summed E-state index contributed by atoms with van der Waals surface area (Å²) in [6.45, 7) is 5.95. The van der Waals surface area contributed by atoms with Crippen LogP contribution in [0.1, 0.15) is 36.3 Å². The van der Waals surface area contributed by atoms with Crippen LogP contribution in [0.5, 0.6) is 0 Å². The van der Waals surface area contributed by atoms with Crippen LogP contribution < -0.4 is 10.6 Å². The van der Waals surface area contributed by atoms with Crippen LogP contribution in [0, 0.1) is 0 Å². The number of thiazole rings is 1. The van der Waals surface area contributed by atoms with E-state index in [0.29, 0.717) is 16.4 Å². The highest BCUT2D eigenvalue weighted by Gasteiger charge is 2.19. The lowest BCUT2D eigenvalue weighted by atomic mass is 10.00. The maximum absolute atomic E-state index is 12.3. The summed E-state index contributed by atoms with van der Waals surface area (Å²) in [7, 11) is 0.780. The van der Waals surface area contributed by atoms with Gasteiger partial charge in [-0.1, -0.05) is 19.0 Å². The molecule has 1 aliphatic heterocycles. The molecule has 2 amide bonds. The largest absolute Gasteiger partial charge is 0.401 e. The lowest BCUT2D eigenvalue weighted by molar-refractivity contribution is -0.115. The number of hydrogen-bond acceptors (Lipinski definition) is 6. The predicted octanol–water partition coefficient (Wildman–Crippen LogP) is 3.20. The monoisotopic (exact) mass is 463 g/mol. The Bertz CT molecular complexity index is 1190. The Morgan fingerprint density at radius 1 is 1.21 bits per heavy atom. The van der Waals surface area contributed by atoms with E-state index >= 15 is 0 Å². The topological polar surface area (TPSA) is 98.1 Å². The average Bonchev–Trinajstić information content (AvgIpc) is 3.47. The normalized spacial score (nSPS) is 17.8. The molecule has 0 aromatic carbocycles. The third-order valence-corrected chi connectivity index (χ3v) is 6.03. The Kier molecular flexibility index (Phi) is 7.05. The number of rotatable bonds is 7. The number of nitrogens with one attached hydrogen (secondary N) is 2. The summed E-state index contributed by atoms with van der Waals surface area (Å²) in [5.74, 6) is -0.625. The van der Waals surface area contributed by atoms with Crippen molar-refractivity contribution in [2.24, 2.45) is 0 Å². The first kappa shape index (κ1) is 22.9. The van der Waals surface area contributed by atoms with Crippen molar-refractivity contribution in [3.63, 3.8) is 0 Å². The van der Waals surface area contributed by atoms with Crippen molar-refractivity contribution in [2.45, 2.75) is 39.3 Å². The van der Waals surface area contributed by atoms with Crippen LogP contribution in [0.25, 0.3) is 17.0 Å². The lowest BCUT2D eigenvalue weighted by Gasteiger charge is -2.24. The summed E-state index contributed by atoms with van der Waals surface area (Å²) in [6.07, 6.45) is 6.70. The zero-order valence-electron chi connectivity index (χ0n) is 18.9. The van der Waals surface area contributed by atoms with Gasteiger partial charge in [-0.25, -0.2) is 9.97 Å². The summed E-state index contributed by atoms with van der Waals surface area (Å²) in [5, 5.41) is 7.69. The molecule has 0 saturated carbocycles. The molecule has 2 atom stereocenters. The molecule has 4 heterocycles. The van der Waals surface area contributed by atoms with Gasteiger partial charge >= 0.3 is 0 Å². The Hall–Kier alpha value is -3.24. The van der Waals surface area contributed by atoms with Gasteiger partial charge in [-0.05, 0) is 43.8 Å². The summed E-state index contributed by atoms with van der Waals surface area (Å²) in [6, 6.07) is 7.58. The van der Waals surface area contributed by atoms with Crippen LogP contribution in [0.4, 0.5) is 5.13 Å². The van der Waals surface area contributed by atoms with Gasteiger partial charge in [0.2, 0.25) is 13.3 Å². The molecule has 3 aromatic rings. The van der Waals surface area contributed by atoms with Crippen LogP contribution in [-0.2, 0) is 9.53 Å². The molecule has 0 saturated heterocycles. The molecule has 2 unspecified atom stereocenters. The van der Waals surface area contributed by atoms with E-state index in [4.69, 9.17) is 9.72 Å². The van der Waals surface area contributed by atoms with E-state index in [1.165, 1.54) is 11.3 Å².